The number of amides is 1. The SMILES string of the molecule is O=CN1CCNCC1c1ccc([N+](=O)[O-])cc1. The van der Waals surface area contributed by atoms with Crippen LogP contribution >= 0.6 is 0 Å². The van der Waals surface area contributed by atoms with Gasteiger partial charge in [0, 0.05) is 31.8 Å². The first-order valence-electron chi connectivity index (χ1n) is 5.38. The molecule has 6 nitrogen and oxygen atoms in total. The smallest absolute Gasteiger partial charge is 0.269 e. The molecular formula is C11H13N3O3. The minimum Gasteiger partial charge on any atom is -0.336 e. The van der Waals surface area contributed by atoms with Gasteiger partial charge in [0.25, 0.3) is 5.69 Å². The second kappa shape index (κ2) is 4.92. The molecule has 17 heavy (non-hydrogen) atoms. The third-order valence-electron chi connectivity index (χ3n) is 2.91. The Hall–Kier alpha value is -1.95. The van der Waals surface area contributed by atoms with E-state index in [1.165, 1.54) is 12.1 Å². The van der Waals surface area contributed by atoms with Crippen LogP contribution in [0.1, 0.15) is 11.6 Å². The van der Waals surface area contributed by atoms with Crippen LogP contribution in [0.2, 0.25) is 0 Å². The number of carbonyl (C=O) groups excluding carboxylic acids is 1. The molecule has 90 valence electrons. The molecule has 1 aromatic carbocycles. The van der Waals surface area contributed by atoms with Crippen molar-refractivity contribution in [3.63, 3.8) is 0 Å². The predicted octanol–water partition coefficient (Wildman–Crippen LogP) is 0.698. The van der Waals surface area contributed by atoms with E-state index in [0.29, 0.717) is 13.1 Å². The van der Waals surface area contributed by atoms with E-state index in [0.717, 1.165) is 18.5 Å². The fourth-order valence-corrected chi connectivity index (χ4v) is 1.97. The molecule has 1 aromatic rings. The van der Waals surface area contributed by atoms with E-state index in [4.69, 9.17) is 0 Å². The summed E-state index contributed by atoms with van der Waals surface area (Å²) in [4.78, 5) is 22.7. The highest BCUT2D eigenvalue weighted by Crippen LogP contribution is 2.22. The lowest BCUT2D eigenvalue weighted by Crippen LogP contribution is -2.45. The molecule has 0 bridgehead atoms. The van der Waals surface area contributed by atoms with Gasteiger partial charge in [0.05, 0.1) is 11.0 Å². The van der Waals surface area contributed by atoms with Crippen molar-refractivity contribution in [3.8, 4) is 0 Å². The minimum absolute atomic E-state index is 0.0398. The first-order chi connectivity index (χ1) is 8.22. The third kappa shape index (κ3) is 2.42. The summed E-state index contributed by atoms with van der Waals surface area (Å²) in [6.07, 6.45) is 0.826. The summed E-state index contributed by atoms with van der Waals surface area (Å²) in [6, 6.07) is 6.29. The molecule has 1 aliphatic heterocycles. The first-order valence-corrected chi connectivity index (χ1v) is 5.38. The second-order valence-electron chi connectivity index (χ2n) is 3.91. The Kier molecular flexibility index (Phi) is 3.34. The molecule has 1 fully saturated rings. The number of nitrogens with zero attached hydrogens (tertiary/aromatic N) is 2. The van der Waals surface area contributed by atoms with Gasteiger partial charge in [-0.1, -0.05) is 12.1 Å². The lowest BCUT2D eigenvalue weighted by atomic mass is 10.0. The maximum absolute atomic E-state index is 10.9. The number of nitrogens with one attached hydrogen (secondary N) is 1. The van der Waals surface area contributed by atoms with Crippen LogP contribution in [0.5, 0.6) is 0 Å². The van der Waals surface area contributed by atoms with E-state index in [1.54, 1.807) is 17.0 Å². The molecule has 1 heterocycles. The maximum atomic E-state index is 10.9. The fraction of sp³-hybridized carbons (Fsp3) is 0.364. The van der Waals surface area contributed by atoms with Gasteiger partial charge >= 0.3 is 0 Å². The first kappa shape index (κ1) is 11.5. The quantitative estimate of drug-likeness (QED) is 0.475. The van der Waals surface area contributed by atoms with Crippen molar-refractivity contribution >= 4 is 12.1 Å². The van der Waals surface area contributed by atoms with Crippen LogP contribution < -0.4 is 5.32 Å². The molecule has 1 N–H and O–H groups in total. The summed E-state index contributed by atoms with van der Waals surface area (Å²) in [5.74, 6) is 0. The molecule has 1 atom stereocenters. The minimum atomic E-state index is -0.430. The number of carbonyl (C=O) groups is 1. The molecule has 6 heteroatoms. The van der Waals surface area contributed by atoms with Crippen LogP contribution in [0.25, 0.3) is 0 Å². The average Bonchev–Trinajstić information content (AvgIpc) is 2.39. The number of nitro groups is 1. The van der Waals surface area contributed by atoms with Gasteiger partial charge in [-0.3, -0.25) is 14.9 Å². The second-order valence-corrected chi connectivity index (χ2v) is 3.91. The zero-order chi connectivity index (χ0) is 12.3. The van der Waals surface area contributed by atoms with Crippen LogP contribution in [-0.4, -0.2) is 35.9 Å². The normalized spacial score (nSPS) is 20.0. The summed E-state index contributed by atoms with van der Waals surface area (Å²) < 4.78 is 0. The van der Waals surface area contributed by atoms with Crippen molar-refractivity contribution in [1.82, 2.24) is 10.2 Å². The molecule has 1 aliphatic rings. The van der Waals surface area contributed by atoms with E-state index in [1.807, 2.05) is 0 Å². The van der Waals surface area contributed by atoms with Crippen molar-refractivity contribution < 1.29 is 9.72 Å². The molecule has 0 spiro atoms. The number of rotatable bonds is 3. The molecular weight excluding hydrogens is 222 g/mol. The summed E-state index contributed by atoms with van der Waals surface area (Å²) in [5, 5.41) is 13.7. The topological polar surface area (TPSA) is 75.5 Å². The molecule has 0 aromatic heterocycles. The Labute approximate surface area is 98.4 Å². The van der Waals surface area contributed by atoms with E-state index in [-0.39, 0.29) is 11.7 Å². The zero-order valence-corrected chi connectivity index (χ0v) is 9.20. The highest BCUT2D eigenvalue weighted by atomic mass is 16.6. The summed E-state index contributed by atoms with van der Waals surface area (Å²) >= 11 is 0. The van der Waals surface area contributed by atoms with Crippen LogP contribution in [0.4, 0.5) is 5.69 Å². The monoisotopic (exact) mass is 235 g/mol. The average molecular weight is 235 g/mol. The zero-order valence-electron chi connectivity index (χ0n) is 9.20. The van der Waals surface area contributed by atoms with Crippen molar-refractivity contribution in [3.05, 3.63) is 39.9 Å². The molecule has 1 unspecified atom stereocenters. The largest absolute Gasteiger partial charge is 0.336 e. The Morgan fingerprint density at radius 3 is 2.71 bits per heavy atom. The van der Waals surface area contributed by atoms with Gasteiger partial charge in [-0.25, -0.2) is 0 Å². The summed E-state index contributed by atoms with van der Waals surface area (Å²) in [5.41, 5.74) is 0.977. The van der Waals surface area contributed by atoms with Crippen LogP contribution in [-0.2, 0) is 4.79 Å². The van der Waals surface area contributed by atoms with E-state index in [9.17, 15) is 14.9 Å². The standard InChI is InChI=1S/C11H13N3O3/c15-8-13-6-5-12-7-11(13)9-1-3-10(4-2-9)14(16)17/h1-4,8,11-12H,5-7H2. The highest BCUT2D eigenvalue weighted by molar-refractivity contribution is 5.49. The van der Waals surface area contributed by atoms with Gasteiger partial charge < -0.3 is 10.2 Å². The number of hydrogen-bond acceptors (Lipinski definition) is 4. The van der Waals surface area contributed by atoms with Crippen molar-refractivity contribution in [2.24, 2.45) is 0 Å². The molecule has 2 rings (SSSR count). The van der Waals surface area contributed by atoms with Gasteiger partial charge in [-0.05, 0) is 5.56 Å². The van der Waals surface area contributed by atoms with Crippen LogP contribution in [0, 0.1) is 10.1 Å². The number of piperazine rings is 1. The van der Waals surface area contributed by atoms with Crippen molar-refractivity contribution in [2.45, 2.75) is 6.04 Å². The Balaban J connectivity index is 2.20. The van der Waals surface area contributed by atoms with Gasteiger partial charge in [0.15, 0.2) is 0 Å². The van der Waals surface area contributed by atoms with E-state index >= 15 is 0 Å². The Morgan fingerprint density at radius 1 is 1.41 bits per heavy atom. The maximum Gasteiger partial charge on any atom is 0.269 e. The van der Waals surface area contributed by atoms with Gasteiger partial charge in [-0.15, -0.1) is 0 Å². The fourth-order valence-electron chi connectivity index (χ4n) is 1.97. The van der Waals surface area contributed by atoms with E-state index < -0.39 is 4.92 Å². The number of non-ortho nitro benzene ring substituents is 1. The van der Waals surface area contributed by atoms with Gasteiger partial charge in [0.2, 0.25) is 6.41 Å². The van der Waals surface area contributed by atoms with Crippen LogP contribution in [0.3, 0.4) is 0 Å². The van der Waals surface area contributed by atoms with Crippen molar-refractivity contribution in [2.75, 3.05) is 19.6 Å². The van der Waals surface area contributed by atoms with Gasteiger partial charge in [-0.2, -0.15) is 0 Å². The number of nitro benzene ring substituents is 1. The third-order valence-corrected chi connectivity index (χ3v) is 2.91. The molecule has 1 saturated heterocycles. The number of benzene rings is 1. The molecule has 1 amide bonds. The predicted molar refractivity (Wildman–Crippen MR) is 61.5 cm³/mol. The molecule has 0 radical (unpaired) electrons. The Morgan fingerprint density at radius 2 is 2.12 bits per heavy atom. The van der Waals surface area contributed by atoms with Crippen molar-refractivity contribution in [1.29, 1.82) is 0 Å². The molecule has 0 aliphatic carbocycles. The van der Waals surface area contributed by atoms with E-state index in [2.05, 4.69) is 5.32 Å². The summed E-state index contributed by atoms with van der Waals surface area (Å²) in [6.45, 7) is 2.12. The Bertz CT molecular complexity index is 418. The highest BCUT2D eigenvalue weighted by Gasteiger charge is 2.22. The summed E-state index contributed by atoms with van der Waals surface area (Å²) in [7, 11) is 0. The lowest BCUT2D eigenvalue weighted by Gasteiger charge is -2.33. The molecule has 0 saturated carbocycles. The number of hydrogen-bond donors (Lipinski definition) is 1. The lowest BCUT2D eigenvalue weighted by molar-refractivity contribution is -0.384. The van der Waals surface area contributed by atoms with Crippen LogP contribution in [0.15, 0.2) is 24.3 Å². The van der Waals surface area contributed by atoms with Gasteiger partial charge in [0.1, 0.15) is 0 Å².